The van der Waals surface area contributed by atoms with Gasteiger partial charge in [0.1, 0.15) is 11.1 Å². The summed E-state index contributed by atoms with van der Waals surface area (Å²) in [6, 6.07) is 6.08. The third-order valence-electron chi connectivity index (χ3n) is 5.53. The number of rotatable bonds is 6. The molecule has 160 valence electrons. The number of nitriles is 1. The van der Waals surface area contributed by atoms with Crippen molar-refractivity contribution in [2.24, 2.45) is 16.3 Å². The monoisotopic (exact) mass is 444 g/mol. The van der Waals surface area contributed by atoms with E-state index in [4.69, 9.17) is 21.1 Å². The van der Waals surface area contributed by atoms with Crippen molar-refractivity contribution < 1.29 is 9.47 Å². The lowest BCUT2D eigenvalue weighted by Crippen LogP contribution is -2.26. The number of fused-ring (bicyclic) bond motifs is 1. The first-order chi connectivity index (χ1) is 14.3. The molecule has 2 aromatic rings. The van der Waals surface area contributed by atoms with Crippen LogP contribution in [0, 0.1) is 22.7 Å². The normalized spacial score (nSPS) is 16.4. The number of hydrogen-bond acceptors (Lipinski definition) is 5. The minimum Gasteiger partial charge on any atom is -0.490 e. The van der Waals surface area contributed by atoms with Crippen LogP contribution >= 0.6 is 22.9 Å². The van der Waals surface area contributed by atoms with Gasteiger partial charge < -0.3 is 9.47 Å². The van der Waals surface area contributed by atoms with Crippen LogP contribution in [0.2, 0.25) is 5.02 Å². The van der Waals surface area contributed by atoms with Crippen LogP contribution in [-0.4, -0.2) is 19.4 Å². The molecule has 0 aliphatic heterocycles. The second kappa shape index (κ2) is 9.41. The van der Waals surface area contributed by atoms with E-state index in [0.717, 1.165) is 35.4 Å². The Morgan fingerprint density at radius 3 is 2.63 bits per heavy atom. The highest BCUT2D eigenvalue weighted by molar-refractivity contribution is 7.16. The van der Waals surface area contributed by atoms with Crippen molar-refractivity contribution >= 4 is 34.2 Å². The van der Waals surface area contributed by atoms with Gasteiger partial charge in [-0.15, -0.1) is 11.3 Å². The fraction of sp³-hybridized carbons (Fsp3) is 0.500. The molecule has 1 aromatic heterocycles. The van der Waals surface area contributed by atoms with Crippen LogP contribution in [0.5, 0.6) is 11.5 Å². The Hall–Kier alpha value is -2.03. The van der Waals surface area contributed by atoms with Crippen molar-refractivity contribution in [2.45, 2.75) is 53.9 Å². The van der Waals surface area contributed by atoms with E-state index in [1.165, 1.54) is 10.4 Å². The van der Waals surface area contributed by atoms with Gasteiger partial charge in [0.05, 0.1) is 23.8 Å². The van der Waals surface area contributed by atoms with Crippen LogP contribution in [0.25, 0.3) is 0 Å². The van der Waals surface area contributed by atoms with Gasteiger partial charge in [-0.2, -0.15) is 5.26 Å². The molecule has 1 aliphatic rings. The molecule has 0 fully saturated rings. The summed E-state index contributed by atoms with van der Waals surface area (Å²) in [6.07, 6.45) is 4.85. The van der Waals surface area contributed by atoms with E-state index in [1.54, 1.807) is 17.6 Å². The molecule has 30 heavy (non-hydrogen) atoms. The average molecular weight is 445 g/mol. The highest BCUT2D eigenvalue weighted by Gasteiger charge is 2.32. The number of thiophene rings is 1. The van der Waals surface area contributed by atoms with Crippen molar-refractivity contribution in [2.75, 3.05) is 13.2 Å². The number of aliphatic imine (C=N–C) groups is 1. The molecule has 0 spiro atoms. The van der Waals surface area contributed by atoms with E-state index in [0.29, 0.717) is 35.7 Å². The Labute approximate surface area is 188 Å². The van der Waals surface area contributed by atoms with Crippen LogP contribution in [0.15, 0.2) is 17.1 Å². The van der Waals surface area contributed by atoms with Gasteiger partial charge in [0, 0.05) is 11.1 Å². The summed E-state index contributed by atoms with van der Waals surface area (Å²) in [5, 5.41) is 11.0. The quantitative estimate of drug-likeness (QED) is 0.452. The Morgan fingerprint density at radius 2 is 2.00 bits per heavy atom. The molecular formula is C24H29ClN2O2S. The minimum absolute atomic E-state index is 0.270. The SMILES string of the molecule is CCOc1cc(C=Nc2sc3c(c2C#N)CC[C@H](C(C)(C)C)C3)cc(Cl)c1OCC. The van der Waals surface area contributed by atoms with Crippen molar-refractivity contribution in [1.82, 2.24) is 0 Å². The first kappa shape index (κ1) is 22.7. The van der Waals surface area contributed by atoms with Crippen molar-refractivity contribution in [3.63, 3.8) is 0 Å². The lowest BCUT2D eigenvalue weighted by Gasteiger charge is -2.33. The van der Waals surface area contributed by atoms with Gasteiger partial charge in [-0.05, 0) is 67.7 Å². The molecule has 0 N–H and O–H groups in total. The average Bonchev–Trinajstić information content (AvgIpc) is 3.05. The topological polar surface area (TPSA) is 54.6 Å². The molecule has 1 aromatic carbocycles. The number of benzene rings is 1. The summed E-state index contributed by atoms with van der Waals surface area (Å²) in [5.41, 5.74) is 3.00. The Bertz CT molecular complexity index is 983. The largest absolute Gasteiger partial charge is 0.490 e. The molecule has 1 atom stereocenters. The fourth-order valence-electron chi connectivity index (χ4n) is 3.86. The van der Waals surface area contributed by atoms with E-state index >= 15 is 0 Å². The Kier molecular flexibility index (Phi) is 7.10. The Balaban J connectivity index is 1.92. The van der Waals surface area contributed by atoms with Gasteiger partial charge in [0.2, 0.25) is 0 Å². The molecule has 1 aliphatic carbocycles. The second-order valence-corrected chi connectivity index (χ2v) is 10.0. The molecule has 0 unspecified atom stereocenters. The van der Waals surface area contributed by atoms with Gasteiger partial charge in [-0.3, -0.25) is 0 Å². The lowest BCUT2D eigenvalue weighted by molar-refractivity contribution is 0.218. The van der Waals surface area contributed by atoms with Crippen LogP contribution in [0.3, 0.4) is 0 Å². The first-order valence-electron chi connectivity index (χ1n) is 10.5. The van der Waals surface area contributed by atoms with Gasteiger partial charge in [-0.1, -0.05) is 32.4 Å². The second-order valence-electron chi connectivity index (χ2n) is 8.56. The predicted octanol–water partition coefficient (Wildman–Crippen LogP) is 6.97. The summed E-state index contributed by atoms with van der Waals surface area (Å²) in [4.78, 5) is 5.98. The molecule has 1 heterocycles. The molecular weight excluding hydrogens is 416 g/mol. The van der Waals surface area contributed by atoms with E-state index < -0.39 is 0 Å². The molecule has 3 rings (SSSR count). The summed E-state index contributed by atoms with van der Waals surface area (Å²) in [5.74, 6) is 1.79. The standard InChI is InChI=1S/C24H29ClN2O2S/c1-6-28-20-11-15(10-19(25)22(20)29-7-2)14-27-23-18(13-26)17-9-8-16(24(3,4)5)12-21(17)30-23/h10-11,14,16H,6-9,12H2,1-5H3/t16-/m0/s1. The number of ether oxygens (including phenoxy) is 2. The molecule has 0 radical (unpaired) electrons. The molecule has 0 bridgehead atoms. The third-order valence-corrected chi connectivity index (χ3v) is 6.98. The van der Waals surface area contributed by atoms with E-state index in [9.17, 15) is 5.26 Å². The smallest absolute Gasteiger partial charge is 0.179 e. The predicted molar refractivity (Wildman–Crippen MR) is 125 cm³/mol. The van der Waals surface area contributed by atoms with Gasteiger partial charge in [0.25, 0.3) is 0 Å². The summed E-state index contributed by atoms with van der Waals surface area (Å²) < 4.78 is 11.3. The van der Waals surface area contributed by atoms with E-state index in [1.807, 2.05) is 26.0 Å². The zero-order valence-corrected chi connectivity index (χ0v) is 19.9. The molecule has 4 nitrogen and oxygen atoms in total. The van der Waals surface area contributed by atoms with Crippen LogP contribution in [-0.2, 0) is 12.8 Å². The number of nitrogens with zero attached hydrogens (tertiary/aromatic N) is 2. The van der Waals surface area contributed by atoms with Gasteiger partial charge in [0.15, 0.2) is 11.5 Å². The van der Waals surface area contributed by atoms with Crippen LogP contribution in [0.4, 0.5) is 5.00 Å². The summed E-state index contributed by atoms with van der Waals surface area (Å²) in [7, 11) is 0. The Morgan fingerprint density at radius 1 is 1.27 bits per heavy atom. The first-order valence-corrected chi connectivity index (χ1v) is 11.7. The van der Waals surface area contributed by atoms with Crippen molar-refractivity contribution in [3.8, 4) is 17.6 Å². The van der Waals surface area contributed by atoms with E-state index in [2.05, 4.69) is 31.8 Å². The minimum atomic E-state index is 0.270. The van der Waals surface area contributed by atoms with Gasteiger partial charge >= 0.3 is 0 Å². The molecule has 0 saturated carbocycles. The van der Waals surface area contributed by atoms with E-state index in [-0.39, 0.29) is 5.41 Å². The number of halogens is 1. The highest BCUT2D eigenvalue weighted by atomic mass is 35.5. The van der Waals surface area contributed by atoms with Gasteiger partial charge in [-0.25, -0.2) is 4.99 Å². The highest BCUT2D eigenvalue weighted by Crippen LogP contribution is 2.45. The molecule has 6 heteroatoms. The summed E-state index contributed by atoms with van der Waals surface area (Å²) >= 11 is 8.06. The maximum atomic E-state index is 9.77. The molecule has 0 amide bonds. The van der Waals surface area contributed by atoms with Crippen molar-refractivity contribution in [3.05, 3.63) is 38.7 Å². The third kappa shape index (κ3) is 4.82. The zero-order valence-electron chi connectivity index (χ0n) is 18.3. The molecule has 0 saturated heterocycles. The number of hydrogen-bond donors (Lipinski definition) is 0. The fourth-order valence-corrected chi connectivity index (χ4v) is 5.36. The summed E-state index contributed by atoms with van der Waals surface area (Å²) in [6.45, 7) is 11.7. The van der Waals surface area contributed by atoms with Crippen LogP contribution < -0.4 is 9.47 Å². The van der Waals surface area contributed by atoms with Crippen molar-refractivity contribution in [1.29, 1.82) is 5.26 Å². The lowest BCUT2D eigenvalue weighted by atomic mass is 9.72. The zero-order chi connectivity index (χ0) is 21.9. The maximum absolute atomic E-state index is 9.77. The maximum Gasteiger partial charge on any atom is 0.179 e. The van der Waals surface area contributed by atoms with Crippen LogP contribution in [0.1, 0.15) is 62.6 Å².